The zero-order chi connectivity index (χ0) is 27.1. The third-order valence-electron chi connectivity index (χ3n) is 5.70. The van der Waals surface area contributed by atoms with Crippen LogP contribution in [-0.4, -0.2) is 87.3 Å². The van der Waals surface area contributed by atoms with Gasteiger partial charge in [0, 0.05) is 44.7 Å². The lowest BCUT2D eigenvalue weighted by Crippen LogP contribution is -2.46. The second-order valence-corrected chi connectivity index (χ2v) is 8.98. The van der Waals surface area contributed by atoms with Crippen LogP contribution in [0.2, 0.25) is 0 Å². The van der Waals surface area contributed by atoms with Gasteiger partial charge >= 0.3 is 24.3 Å². The summed E-state index contributed by atoms with van der Waals surface area (Å²) in [5.41, 5.74) is 1.16. The summed E-state index contributed by atoms with van der Waals surface area (Å²) in [5, 5.41) is 17.8. The van der Waals surface area contributed by atoms with E-state index in [-0.39, 0.29) is 5.60 Å². The summed E-state index contributed by atoms with van der Waals surface area (Å²) in [6.07, 6.45) is -0.271. The lowest BCUT2D eigenvalue weighted by atomic mass is 9.89. The molecule has 0 radical (unpaired) electrons. The first kappa shape index (κ1) is 29.5. The van der Waals surface area contributed by atoms with Gasteiger partial charge in [-0.1, -0.05) is 0 Å². The summed E-state index contributed by atoms with van der Waals surface area (Å²) < 4.78 is 69.7. The molecule has 15 heteroatoms. The van der Waals surface area contributed by atoms with E-state index in [9.17, 15) is 26.3 Å². The van der Waals surface area contributed by atoms with Crippen molar-refractivity contribution >= 4 is 17.9 Å². The number of nitrogens with one attached hydrogen (secondary N) is 1. The van der Waals surface area contributed by atoms with Crippen LogP contribution in [0.1, 0.15) is 37.7 Å². The average Bonchev–Trinajstić information content (AvgIpc) is 3.50. The Labute approximate surface area is 202 Å². The van der Waals surface area contributed by atoms with Crippen LogP contribution in [0.4, 0.5) is 32.3 Å². The minimum absolute atomic E-state index is 0.0650. The molecule has 1 aliphatic carbocycles. The van der Waals surface area contributed by atoms with Gasteiger partial charge in [0.15, 0.2) is 0 Å². The Kier molecular flexibility index (Phi) is 9.88. The van der Waals surface area contributed by atoms with Gasteiger partial charge in [0.25, 0.3) is 0 Å². The Morgan fingerprint density at radius 2 is 1.61 bits per heavy atom. The Morgan fingerprint density at radius 3 is 2.08 bits per heavy atom. The fourth-order valence-corrected chi connectivity index (χ4v) is 3.83. The molecule has 3 aliphatic rings. The molecule has 1 aromatic rings. The molecule has 204 valence electrons. The van der Waals surface area contributed by atoms with Crippen LogP contribution in [0.3, 0.4) is 0 Å². The van der Waals surface area contributed by atoms with E-state index < -0.39 is 24.3 Å². The number of halogens is 6. The smallest absolute Gasteiger partial charge is 0.475 e. The summed E-state index contributed by atoms with van der Waals surface area (Å²) >= 11 is 0. The number of nitrogens with zero attached hydrogens (tertiary/aromatic N) is 3. The topological polar surface area (TPSA) is 125 Å². The minimum atomic E-state index is -5.08. The fourth-order valence-electron chi connectivity index (χ4n) is 3.83. The average molecular weight is 530 g/mol. The zero-order valence-corrected chi connectivity index (χ0v) is 19.4. The van der Waals surface area contributed by atoms with Crippen molar-refractivity contribution in [3.63, 3.8) is 0 Å². The predicted octanol–water partition coefficient (Wildman–Crippen LogP) is 3.50. The minimum Gasteiger partial charge on any atom is -0.475 e. The number of aromatic nitrogens is 2. The molecule has 1 spiro atoms. The Bertz CT molecular complexity index is 855. The molecule has 2 atom stereocenters. The zero-order valence-electron chi connectivity index (χ0n) is 19.4. The van der Waals surface area contributed by atoms with Crippen molar-refractivity contribution in [3.8, 4) is 0 Å². The highest BCUT2D eigenvalue weighted by Gasteiger charge is 2.44. The maximum absolute atomic E-state index is 10.6. The van der Waals surface area contributed by atoms with E-state index in [1.807, 2.05) is 19.3 Å². The van der Waals surface area contributed by atoms with E-state index in [0.29, 0.717) is 6.04 Å². The second-order valence-electron chi connectivity index (χ2n) is 8.98. The Balaban J connectivity index is 0.000000271. The van der Waals surface area contributed by atoms with Gasteiger partial charge in [-0.05, 0) is 50.5 Å². The predicted molar refractivity (Wildman–Crippen MR) is 113 cm³/mol. The lowest BCUT2D eigenvalue weighted by molar-refractivity contribution is -0.193. The van der Waals surface area contributed by atoms with Crippen LogP contribution in [0.5, 0.6) is 0 Å². The van der Waals surface area contributed by atoms with E-state index in [1.165, 1.54) is 32.4 Å². The molecule has 0 aromatic carbocycles. The largest absolute Gasteiger partial charge is 0.490 e. The van der Waals surface area contributed by atoms with Crippen molar-refractivity contribution in [2.45, 2.75) is 63.0 Å². The van der Waals surface area contributed by atoms with Gasteiger partial charge in [-0.2, -0.15) is 26.3 Å². The number of hydrogen-bond donors (Lipinski definition) is 3. The second kappa shape index (κ2) is 12.0. The van der Waals surface area contributed by atoms with E-state index >= 15 is 0 Å². The molecule has 3 N–H and O–H groups in total. The van der Waals surface area contributed by atoms with Gasteiger partial charge in [0.05, 0.1) is 5.60 Å². The summed E-state index contributed by atoms with van der Waals surface area (Å²) in [4.78, 5) is 29.2. The number of anilines is 1. The molecule has 2 saturated heterocycles. The number of likely N-dealkylation sites (tertiary alicyclic amines) is 1. The number of hydrogen-bond acceptors (Lipinski definition) is 7. The molecule has 36 heavy (non-hydrogen) atoms. The number of aryl methyl sites for hydroxylation is 1. The molecule has 1 saturated carbocycles. The van der Waals surface area contributed by atoms with Crippen molar-refractivity contribution in [1.82, 2.24) is 14.9 Å². The first-order valence-electron chi connectivity index (χ1n) is 11.1. The van der Waals surface area contributed by atoms with Crippen molar-refractivity contribution in [3.05, 3.63) is 18.0 Å². The normalized spacial score (nSPS) is 24.2. The number of carboxylic acid groups (broad SMARTS) is 2. The standard InChI is InChI=1S/C17H26N4O.2C2HF3O2/c1-13-9-18-16(19-10-13)20-15-4-7-22-17(8-15)5-6-21(12-17)11-14-2-3-14;2*3-2(4,5)1(6)7/h9-10,14-15H,2-8,11-12H2,1H3,(H,18,19,20);2*(H,6,7)/t15-,17-;;/m1../s1. The molecule has 0 amide bonds. The molecule has 0 unspecified atom stereocenters. The number of aliphatic carboxylic acids is 2. The maximum Gasteiger partial charge on any atom is 0.490 e. The first-order valence-corrected chi connectivity index (χ1v) is 11.1. The number of ether oxygens (including phenoxy) is 1. The monoisotopic (exact) mass is 530 g/mol. The Hall–Kier alpha value is -2.68. The lowest BCUT2D eigenvalue weighted by Gasteiger charge is -2.38. The number of alkyl halides is 6. The third kappa shape index (κ3) is 10.1. The van der Waals surface area contributed by atoms with Crippen LogP contribution in [0.15, 0.2) is 12.4 Å². The highest BCUT2D eigenvalue weighted by Crippen LogP contribution is 2.37. The number of carbonyl (C=O) groups is 2. The summed E-state index contributed by atoms with van der Waals surface area (Å²) in [5.74, 6) is -3.80. The van der Waals surface area contributed by atoms with Crippen molar-refractivity contribution < 1.29 is 50.9 Å². The third-order valence-corrected chi connectivity index (χ3v) is 5.70. The molecule has 3 fully saturated rings. The van der Waals surface area contributed by atoms with Crippen molar-refractivity contribution in [2.24, 2.45) is 5.92 Å². The molecular formula is C21H28F6N4O5. The van der Waals surface area contributed by atoms with Crippen molar-refractivity contribution in [2.75, 3.05) is 31.6 Å². The molecular weight excluding hydrogens is 502 g/mol. The van der Waals surface area contributed by atoms with E-state index in [1.54, 1.807) is 0 Å². The number of carboxylic acids is 2. The highest BCUT2D eigenvalue weighted by molar-refractivity contribution is 5.73. The molecule has 1 aromatic heterocycles. The Morgan fingerprint density at radius 1 is 1.08 bits per heavy atom. The van der Waals surface area contributed by atoms with Crippen molar-refractivity contribution in [1.29, 1.82) is 0 Å². The van der Waals surface area contributed by atoms with E-state index in [0.717, 1.165) is 43.4 Å². The van der Waals surface area contributed by atoms with Gasteiger partial charge < -0.3 is 25.2 Å². The van der Waals surface area contributed by atoms with Gasteiger partial charge in [-0.3, -0.25) is 0 Å². The highest BCUT2D eigenvalue weighted by atomic mass is 19.4. The van der Waals surface area contributed by atoms with E-state index in [4.69, 9.17) is 24.5 Å². The summed E-state index contributed by atoms with van der Waals surface area (Å²) in [7, 11) is 0. The van der Waals surface area contributed by atoms with Crippen LogP contribution < -0.4 is 5.32 Å². The summed E-state index contributed by atoms with van der Waals surface area (Å²) in [6, 6.07) is 0.428. The molecule has 0 bridgehead atoms. The van der Waals surface area contributed by atoms with Gasteiger partial charge in [0.1, 0.15) is 0 Å². The summed E-state index contributed by atoms with van der Waals surface area (Å²) in [6.45, 7) is 6.45. The van der Waals surface area contributed by atoms with Gasteiger partial charge in [-0.15, -0.1) is 0 Å². The van der Waals surface area contributed by atoms with Crippen LogP contribution in [0, 0.1) is 12.8 Å². The number of rotatable bonds is 4. The maximum atomic E-state index is 10.6. The SMILES string of the molecule is Cc1cnc(N[C@@H]2CCO[C@]3(CCN(CC4CC4)C3)C2)nc1.O=C(O)C(F)(F)F.O=C(O)C(F)(F)F. The van der Waals surface area contributed by atoms with E-state index in [2.05, 4.69) is 20.2 Å². The van der Waals surface area contributed by atoms with Crippen LogP contribution in [-0.2, 0) is 14.3 Å². The molecule has 2 aliphatic heterocycles. The molecule has 9 nitrogen and oxygen atoms in total. The van der Waals surface area contributed by atoms with Crippen LogP contribution >= 0.6 is 0 Å². The first-order chi connectivity index (χ1) is 16.6. The fraction of sp³-hybridized carbons (Fsp3) is 0.714. The van der Waals surface area contributed by atoms with Gasteiger partial charge in [-0.25, -0.2) is 19.6 Å². The van der Waals surface area contributed by atoms with Gasteiger partial charge in [0.2, 0.25) is 5.95 Å². The molecule has 3 heterocycles. The molecule has 4 rings (SSSR count). The van der Waals surface area contributed by atoms with Crippen LogP contribution in [0.25, 0.3) is 0 Å². The quantitative estimate of drug-likeness (QED) is 0.502.